The second kappa shape index (κ2) is 17.8. The van der Waals surface area contributed by atoms with Gasteiger partial charge in [0.05, 0.1) is 0 Å². The van der Waals surface area contributed by atoms with E-state index in [1.54, 1.807) is 0 Å². The molecule has 0 aromatic heterocycles. The highest BCUT2D eigenvalue weighted by Crippen LogP contribution is 2.35. The Morgan fingerprint density at radius 2 is 1.36 bits per heavy atom. The summed E-state index contributed by atoms with van der Waals surface area (Å²) in [6.07, 6.45) is 16.8. The lowest BCUT2D eigenvalue weighted by Crippen LogP contribution is -2.16. The number of terminal acetylenes is 1. The number of rotatable bonds is 3. The van der Waals surface area contributed by atoms with E-state index in [-0.39, 0.29) is 5.41 Å². The first-order valence-corrected chi connectivity index (χ1v) is 10.6. The van der Waals surface area contributed by atoms with Crippen LogP contribution in [-0.2, 0) is 0 Å². The van der Waals surface area contributed by atoms with Crippen molar-refractivity contribution in [1.29, 1.82) is 0 Å². The molecule has 25 heavy (non-hydrogen) atoms. The van der Waals surface area contributed by atoms with E-state index in [0.717, 1.165) is 5.92 Å². The van der Waals surface area contributed by atoms with Gasteiger partial charge < -0.3 is 0 Å². The van der Waals surface area contributed by atoms with Gasteiger partial charge in [0.2, 0.25) is 0 Å². The fourth-order valence-electron chi connectivity index (χ4n) is 3.03. The fourth-order valence-corrected chi connectivity index (χ4v) is 3.03. The normalized spacial score (nSPS) is 19.5. The zero-order valence-corrected chi connectivity index (χ0v) is 19.4. The third-order valence-electron chi connectivity index (χ3n) is 3.81. The summed E-state index contributed by atoms with van der Waals surface area (Å²) in [4.78, 5) is 0. The molecule has 0 saturated heterocycles. The Labute approximate surface area is 161 Å². The second-order valence-corrected chi connectivity index (χ2v) is 7.45. The van der Waals surface area contributed by atoms with Gasteiger partial charge in [0.1, 0.15) is 0 Å². The van der Waals surface area contributed by atoms with Gasteiger partial charge in [-0.25, -0.2) is 0 Å². The van der Waals surface area contributed by atoms with E-state index in [1.165, 1.54) is 43.3 Å². The highest BCUT2D eigenvalue weighted by atomic mass is 14.3. The van der Waals surface area contributed by atoms with E-state index >= 15 is 0 Å². The summed E-state index contributed by atoms with van der Waals surface area (Å²) in [6.45, 7) is 23.4. The Morgan fingerprint density at radius 1 is 0.960 bits per heavy atom. The molecule has 1 aliphatic rings. The molecule has 1 aliphatic carbocycles. The molecule has 148 valence electrons. The quantitative estimate of drug-likeness (QED) is 0.353. The van der Waals surface area contributed by atoms with Crippen LogP contribution in [0.1, 0.15) is 108 Å². The van der Waals surface area contributed by atoms with Crippen LogP contribution in [0, 0.1) is 29.6 Å². The van der Waals surface area contributed by atoms with Crippen LogP contribution < -0.4 is 0 Å². The number of allylic oxidation sites excluding steroid dienone is 4. The Kier molecular flexibility index (Phi) is 20.6. The average Bonchev–Trinajstić information content (AvgIpc) is 2.57. The van der Waals surface area contributed by atoms with Gasteiger partial charge in [0, 0.05) is 11.0 Å². The molecule has 1 rings (SSSR count). The zero-order chi connectivity index (χ0) is 20.5. The largest absolute Gasteiger partial charge is 0.115 e. The Hall–Kier alpha value is -0.960. The van der Waals surface area contributed by atoms with E-state index in [9.17, 15) is 0 Å². The van der Waals surface area contributed by atoms with Crippen LogP contribution in [0.5, 0.6) is 0 Å². The molecule has 0 aliphatic heterocycles. The van der Waals surface area contributed by atoms with Gasteiger partial charge in [-0.3, -0.25) is 0 Å². The van der Waals surface area contributed by atoms with Gasteiger partial charge in [-0.05, 0) is 38.5 Å². The lowest BCUT2D eigenvalue weighted by atomic mass is 9.77. The highest BCUT2D eigenvalue weighted by Gasteiger charge is 2.22. The van der Waals surface area contributed by atoms with Gasteiger partial charge in [-0.1, -0.05) is 105 Å². The summed E-state index contributed by atoms with van der Waals surface area (Å²) in [5.74, 6) is 4.45. The molecule has 1 saturated carbocycles. The average molecular weight is 349 g/mol. The molecule has 1 fully saturated rings. The van der Waals surface area contributed by atoms with Crippen LogP contribution in [0.3, 0.4) is 0 Å². The number of hydrogen-bond donors (Lipinski definition) is 0. The summed E-state index contributed by atoms with van der Waals surface area (Å²) < 4.78 is 0. The van der Waals surface area contributed by atoms with E-state index in [4.69, 9.17) is 6.42 Å². The molecule has 0 heterocycles. The lowest BCUT2D eigenvalue weighted by Gasteiger charge is -2.28. The summed E-state index contributed by atoms with van der Waals surface area (Å²) in [7, 11) is 0. The Morgan fingerprint density at radius 3 is 1.68 bits per heavy atom. The van der Waals surface area contributed by atoms with Crippen LogP contribution in [0.2, 0.25) is 0 Å². The van der Waals surface area contributed by atoms with E-state index in [1.807, 2.05) is 27.7 Å². The fraction of sp³-hybridized carbons (Fsp3) is 0.760. The Balaban J connectivity index is -0.000000605. The topological polar surface area (TPSA) is 0 Å². The van der Waals surface area contributed by atoms with Crippen molar-refractivity contribution in [3.8, 4) is 12.3 Å². The molecule has 0 spiro atoms. The minimum absolute atomic E-state index is 0.0730. The SMILES string of the molecule is C#C/C(=C\C(C)(C)C=C(C)C)C1CCC(C)CC1.CC.CC.CCC. The Bertz CT molecular complexity index is 375. The molecule has 0 N–H and O–H groups in total. The van der Waals surface area contributed by atoms with Crippen molar-refractivity contribution >= 4 is 0 Å². The van der Waals surface area contributed by atoms with Crippen molar-refractivity contribution in [1.82, 2.24) is 0 Å². The van der Waals surface area contributed by atoms with Gasteiger partial charge in [0.25, 0.3) is 0 Å². The maximum atomic E-state index is 5.74. The zero-order valence-electron chi connectivity index (χ0n) is 19.4. The monoisotopic (exact) mass is 348 g/mol. The summed E-state index contributed by atoms with van der Waals surface area (Å²) in [5, 5.41) is 0. The maximum Gasteiger partial charge on any atom is 0.00191 e. The summed E-state index contributed by atoms with van der Waals surface area (Å²) in [6, 6.07) is 0. The molecule has 0 unspecified atom stereocenters. The molecule has 0 heteroatoms. The van der Waals surface area contributed by atoms with Gasteiger partial charge >= 0.3 is 0 Å². The molecule has 0 radical (unpaired) electrons. The van der Waals surface area contributed by atoms with Crippen LogP contribution in [0.25, 0.3) is 0 Å². The third-order valence-corrected chi connectivity index (χ3v) is 3.81. The number of hydrogen-bond acceptors (Lipinski definition) is 0. The van der Waals surface area contributed by atoms with Crippen LogP contribution in [0.15, 0.2) is 23.3 Å². The second-order valence-electron chi connectivity index (χ2n) is 7.45. The van der Waals surface area contributed by atoms with E-state index in [2.05, 4.69) is 66.5 Å². The molecular formula is C25H48. The minimum Gasteiger partial charge on any atom is -0.115 e. The first-order valence-electron chi connectivity index (χ1n) is 10.6. The van der Waals surface area contributed by atoms with Crippen molar-refractivity contribution < 1.29 is 0 Å². The predicted molar refractivity (Wildman–Crippen MR) is 120 cm³/mol. The van der Waals surface area contributed by atoms with Crippen LogP contribution >= 0.6 is 0 Å². The van der Waals surface area contributed by atoms with Crippen LogP contribution in [-0.4, -0.2) is 0 Å². The molecule has 0 nitrogen and oxygen atoms in total. The third kappa shape index (κ3) is 16.3. The predicted octanol–water partition coefficient (Wildman–Crippen LogP) is 8.83. The van der Waals surface area contributed by atoms with Crippen LogP contribution in [0.4, 0.5) is 0 Å². The lowest BCUT2D eigenvalue weighted by molar-refractivity contribution is 0.323. The first kappa shape index (κ1) is 28.8. The maximum absolute atomic E-state index is 5.74. The molecule has 0 aromatic rings. The highest BCUT2D eigenvalue weighted by molar-refractivity contribution is 5.32. The summed E-state index contributed by atoms with van der Waals surface area (Å²) in [5.41, 5.74) is 2.65. The summed E-state index contributed by atoms with van der Waals surface area (Å²) >= 11 is 0. The van der Waals surface area contributed by atoms with Crippen molar-refractivity contribution in [2.24, 2.45) is 17.3 Å². The molecule has 0 bridgehead atoms. The molecule has 0 aromatic carbocycles. The van der Waals surface area contributed by atoms with Crippen molar-refractivity contribution in [2.45, 2.75) is 108 Å². The van der Waals surface area contributed by atoms with Gasteiger partial charge in [0.15, 0.2) is 0 Å². The molecule has 0 amide bonds. The molecular weight excluding hydrogens is 300 g/mol. The van der Waals surface area contributed by atoms with E-state index < -0.39 is 0 Å². The van der Waals surface area contributed by atoms with Gasteiger partial charge in [-0.2, -0.15) is 0 Å². The van der Waals surface area contributed by atoms with Crippen molar-refractivity contribution in [3.05, 3.63) is 23.3 Å². The standard InChI is InChI=1S/C18H28.C3H8.2C2H6/c1-7-16(13-18(5,6)12-14(2)3)17-10-8-15(4)9-11-17;1-3-2;2*1-2/h1,12-13,15,17H,8-11H2,2-6H3;3H2,1-2H3;2*1-2H3/b16-13+;;;. The van der Waals surface area contributed by atoms with Gasteiger partial charge in [-0.15, -0.1) is 6.42 Å². The van der Waals surface area contributed by atoms with Crippen molar-refractivity contribution in [3.63, 3.8) is 0 Å². The van der Waals surface area contributed by atoms with E-state index in [0.29, 0.717) is 5.92 Å². The smallest absolute Gasteiger partial charge is 0.00191 e. The van der Waals surface area contributed by atoms with Crippen molar-refractivity contribution in [2.75, 3.05) is 0 Å². The first-order chi connectivity index (χ1) is 11.8. The minimum atomic E-state index is 0.0730. The molecule has 0 atom stereocenters.